The Labute approximate surface area is 132 Å². The summed E-state index contributed by atoms with van der Waals surface area (Å²) >= 11 is 0. The molecule has 21 heavy (non-hydrogen) atoms. The van der Waals surface area contributed by atoms with Crippen molar-refractivity contribution in [1.82, 2.24) is 10.2 Å². The number of likely N-dealkylation sites (tertiary alicyclic amines) is 1. The van der Waals surface area contributed by atoms with Crippen molar-refractivity contribution in [2.45, 2.75) is 66.4 Å². The van der Waals surface area contributed by atoms with E-state index in [1.54, 1.807) is 0 Å². The molecule has 0 aliphatic carbocycles. The number of piperidine rings is 1. The highest BCUT2D eigenvalue weighted by molar-refractivity contribution is 4.85. The van der Waals surface area contributed by atoms with Gasteiger partial charge in [0.25, 0.3) is 0 Å². The molecule has 1 aliphatic heterocycles. The van der Waals surface area contributed by atoms with Crippen molar-refractivity contribution in [3.63, 3.8) is 0 Å². The van der Waals surface area contributed by atoms with Gasteiger partial charge in [-0.05, 0) is 69.5 Å². The van der Waals surface area contributed by atoms with Crippen LogP contribution in [0.3, 0.4) is 0 Å². The van der Waals surface area contributed by atoms with Gasteiger partial charge in [0.2, 0.25) is 0 Å². The van der Waals surface area contributed by atoms with Crippen LogP contribution in [0, 0.1) is 17.3 Å². The number of nitrogens with zero attached hydrogens (tertiary/aromatic N) is 1. The van der Waals surface area contributed by atoms with Crippen LogP contribution in [0.1, 0.15) is 60.3 Å². The molecule has 2 N–H and O–H groups in total. The fraction of sp³-hybridized carbons (Fsp3) is 1.00. The lowest BCUT2D eigenvalue weighted by Crippen LogP contribution is -2.47. The first-order chi connectivity index (χ1) is 9.92. The number of aliphatic hydroxyl groups excluding tert-OH is 1. The molecule has 1 heterocycles. The van der Waals surface area contributed by atoms with Crippen LogP contribution in [-0.2, 0) is 0 Å². The molecule has 1 atom stereocenters. The highest BCUT2D eigenvalue weighted by atomic mass is 16.3. The summed E-state index contributed by atoms with van der Waals surface area (Å²) in [6.45, 7) is 16.9. The summed E-state index contributed by atoms with van der Waals surface area (Å²) in [6, 6.07) is 0. The topological polar surface area (TPSA) is 35.5 Å². The summed E-state index contributed by atoms with van der Waals surface area (Å²) < 4.78 is 0. The zero-order valence-corrected chi connectivity index (χ0v) is 15.0. The van der Waals surface area contributed by atoms with Crippen molar-refractivity contribution >= 4 is 0 Å². The Kier molecular flexibility index (Phi) is 8.22. The van der Waals surface area contributed by atoms with Crippen LogP contribution in [0.2, 0.25) is 0 Å². The molecular formula is C18H38N2O. The normalized spacial score (nSPS) is 20.1. The molecule has 1 rings (SSSR count). The maximum absolute atomic E-state index is 9.73. The van der Waals surface area contributed by atoms with Gasteiger partial charge in [-0.1, -0.05) is 27.7 Å². The lowest BCUT2D eigenvalue weighted by atomic mass is 9.80. The molecule has 3 heteroatoms. The molecule has 1 aliphatic rings. The fourth-order valence-electron chi connectivity index (χ4n) is 3.47. The predicted octanol–water partition coefficient (Wildman–Crippen LogP) is 3.13. The highest BCUT2D eigenvalue weighted by Crippen LogP contribution is 2.29. The van der Waals surface area contributed by atoms with E-state index in [1.807, 2.05) is 6.92 Å². The van der Waals surface area contributed by atoms with Crippen molar-refractivity contribution in [3.05, 3.63) is 0 Å². The SMILES string of the molecule is CCC(CC)(CNCC(C)C)CN1CCC(C(C)O)CC1. The molecule has 0 aromatic rings. The largest absolute Gasteiger partial charge is 0.393 e. The predicted molar refractivity (Wildman–Crippen MR) is 91.6 cm³/mol. The first kappa shape index (κ1) is 18.9. The molecule has 1 unspecified atom stereocenters. The first-order valence-electron chi connectivity index (χ1n) is 9.03. The number of aliphatic hydroxyl groups is 1. The van der Waals surface area contributed by atoms with Crippen LogP contribution in [0.15, 0.2) is 0 Å². The Morgan fingerprint density at radius 2 is 1.71 bits per heavy atom. The van der Waals surface area contributed by atoms with Gasteiger partial charge in [0.1, 0.15) is 0 Å². The van der Waals surface area contributed by atoms with Crippen LogP contribution in [0.5, 0.6) is 0 Å². The molecule has 3 nitrogen and oxygen atoms in total. The van der Waals surface area contributed by atoms with E-state index < -0.39 is 0 Å². The van der Waals surface area contributed by atoms with E-state index in [0.717, 1.165) is 44.9 Å². The third kappa shape index (κ3) is 6.25. The van der Waals surface area contributed by atoms with Gasteiger partial charge < -0.3 is 15.3 Å². The lowest BCUT2D eigenvalue weighted by molar-refractivity contribution is 0.0496. The van der Waals surface area contributed by atoms with Gasteiger partial charge in [0.15, 0.2) is 0 Å². The van der Waals surface area contributed by atoms with E-state index in [1.165, 1.54) is 19.4 Å². The van der Waals surface area contributed by atoms with E-state index in [-0.39, 0.29) is 6.10 Å². The van der Waals surface area contributed by atoms with Crippen molar-refractivity contribution < 1.29 is 5.11 Å². The lowest BCUT2D eigenvalue weighted by Gasteiger charge is -2.41. The van der Waals surface area contributed by atoms with Gasteiger partial charge in [0.05, 0.1) is 6.10 Å². The molecule has 1 fully saturated rings. The van der Waals surface area contributed by atoms with Crippen LogP contribution in [0.4, 0.5) is 0 Å². The van der Waals surface area contributed by atoms with Gasteiger partial charge in [-0.2, -0.15) is 0 Å². The molecule has 0 bridgehead atoms. The molecular weight excluding hydrogens is 260 g/mol. The fourth-order valence-corrected chi connectivity index (χ4v) is 3.47. The molecule has 0 aromatic heterocycles. The van der Waals surface area contributed by atoms with Crippen LogP contribution >= 0.6 is 0 Å². The third-order valence-corrected chi connectivity index (χ3v) is 5.43. The number of hydrogen-bond acceptors (Lipinski definition) is 3. The van der Waals surface area contributed by atoms with E-state index in [9.17, 15) is 5.11 Å². The Hall–Kier alpha value is -0.120. The van der Waals surface area contributed by atoms with Crippen LogP contribution in [-0.4, -0.2) is 48.8 Å². The average Bonchev–Trinajstić information content (AvgIpc) is 2.46. The van der Waals surface area contributed by atoms with E-state index in [2.05, 4.69) is 37.9 Å². The summed E-state index contributed by atoms with van der Waals surface area (Å²) in [7, 11) is 0. The van der Waals surface area contributed by atoms with Crippen molar-refractivity contribution in [2.75, 3.05) is 32.7 Å². The Morgan fingerprint density at radius 1 is 1.14 bits per heavy atom. The first-order valence-corrected chi connectivity index (χ1v) is 9.03. The maximum atomic E-state index is 9.73. The van der Waals surface area contributed by atoms with Gasteiger partial charge in [-0.3, -0.25) is 0 Å². The molecule has 0 spiro atoms. The number of rotatable bonds is 9. The minimum absolute atomic E-state index is 0.137. The van der Waals surface area contributed by atoms with Gasteiger partial charge >= 0.3 is 0 Å². The molecule has 0 amide bonds. The molecule has 1 saturated heterocycles. The summed E-state index contributed by atoms with van der Waals surface area (Å²) in [5.41, 5.74) is 0.409. The average molecular weight is 299 g/mol. The van der Waals surface area contributed by atoms with E-state index in [4.69, 9.17) is 0 Å². The Morgan fingerprint density at radius 3 is 2.14 bits per heavy atom. The van der Waals surface area contributed by atoms with Crippen molar-refractivity contribution in [1.29, 1.82) is 0 Å². The quantitative estimate of drug-likeness (QED) is 0.686. The van der Waals surface area contributed by atoms with Crippen molar-refractivity contribution in [3.8, 4) is 0 Å². The Bertz CT molecular complexity index is 266. The van der Waals surface area contributed by atoms with Gasteiger partial charge in [0, 0.05) is 13.1 Å². The summed E-state index contributed by atoms with van der Waals surface area (Å²) in [4.78, 5) is 2.63. The zero-order chi connectivity index (χ0) is 15.9. The summed E-state index contributed by atoms with van der Waals surface area (Å²) in [5.74, 6) is 1.23. The van der Waals surface area contributed by atoms with E-state index in [0.29, 0.717) is 11.3 Å². The number of nitrogens with one attached hydrogen (secondary N) is 1. The Balaban J connectivity index is 2.46. The van der Waals surface area contributed by atoms with E-state index >= 15 is 0 Å². The van der Waals surface area contributed by atoms with Gasteiger partial charge in [-0.25, -0.2) is 0 Å². The second-order valence-electron chi connectivity index (χ2n) is 7.59. The number of hydrogen-bond donors (Lipinski definition) is 2. The zero-order valence-electron chi connectivity index (χ0n) is 15.0. The smallest absolute Gasteiger partial charge is 0.0541 e. The summed E-state index contributed by atoms with van der Waals surface area (Å²) in [5, 5.41) is 13.4. The van der Waals surface area contributed by atoms with Crippen molar-refractivity contribution in [2.24, 2.45) is 17.3 Å². The highest BCUT2D eigenvalue weighted by Gasteiger charge is 2.31. The second-order valence-corrected chi connectivity index (χ2v) is 7.59. The standard InChI is InChI=1S/C18H38N2O/c1-6-18(7-2,13-19-12-15(3)4)14-20-10-8-17(9-11-20)16(5)21/h15-17,19,21H,6-14H2,1-5H3. The minimum atomic E-state index is -0.137. The minimum Gasteiger partial charge on any atom is -0.393 e. The summed E-state index contributed by atoms with van der Waals surface area (Å²) in [6.07, 6.45) is 4.65. The van der Waals surface area contributed by atoms with Crippen LogP contribution < -0.4 is 5.32 Å². The maximum Gasteiger partial charge on any atom is 0.0541 e. The molecule has 0 aromatic carbocycles. The molecule has 126 valence electrons. The third-order valence-electron chi connectivity index (χ3n) is 5.43. The van der Waals surface area contributed by atoms with Gasteiger partial charge in [-0.15, -0.1) is 0 Å². The molecule has 0 saturated carbocycles. The van der Waals surface area contributed by atoms with Crippen LogP contribution in [0.25, 0.3) is 0 Å². The molecule has 0 radical (unpaired) electrons. The second kappa shape index (κ2) is 9.12. The monoisotopic (exact) mass is 298 g/mol.